The summed E-state index contributed by atoms with van der Waals surface area (Å²) in [7, 11) is 0. The van der Waals surface area contributed by atoms with Crippen LogP contribution in [-0.4, -0.2) is 24.9 Å². The van der Waals surface area contributed by atoms with Gasteiger partial charge in [0.15, 0.2) is 16.8 Å². The molecule has 0 N–H and O–H groups in total. The summed E-state index contributed by atoms with van der Waals surface area (Å²) in [5.41, 5.74) is 2.01. The van der Waals surface area contributed by atoms with Gasteiger partial charge in [-0.1, -0.05) is 77.9 Å². The third-order valence-electron chi connectivity index (χ3n) is 4.16. The van der Waals surface area contributed by atoms with Crippen molar-refractivity contribution in [2.45, 2.75) is 30.8 Å². The van der Waals surface area contributed by atoms with E-state index in [4.69, 9.17) is 16.1 Å². The molecule has 0 aliphatic heterocycles. The van der Waals surface area contributed by atoms with Crippen molar-refractivity contribution in [1.29, 1.82) is 0 Å². The molecule has 0 aliphatic carbocycles. The number of rotatable bonds is 7. The SMILES string of the molecule is CCc1nc(CSc2nnc(-c3ccccc3Cl)n2Cc2ccccc2)no1. The number of aryl methyl sites for hydroxylation is 1. The lowest BCUT2D eigenvalue weighted by Gasteiger charge is -2.11. The summed E-state index contributed by atoms with van der Waals surface area (Å²) in [5, 5.41) is 14.3. The van der Waals surface area contributed by atoms with Crippen LogP contribution in [-0.2, 0) is 18.7 Å². The molecule has 0 radical (unpaired) electrons. The normalized spacial score (nSPS) is 11.1. The molecule has 6 nitrogen and oxygen atoms in total. The fourth-order valence-corrected chi connectivity index (χ4v) is 3.77. The Morgan fingerprint density at radius 3 is 2.57 bits per heavy atom. The Balaban J connectivity index is 1.66. The molecule has 0 bridgehead atoms. The quantitative estimate of drug-likeness (QED) is 0.403. The second-order valence-corrected chi connectivity index (χ2v) is 7.45. The van der Waals surface area contributed by atoms with Crippen LogP contribution in [0.3, 0.4) is 0 Å². The van der Waals surface area contributed by atoms with E-state index in [9.17, 15) is 0 Å². The minimum absolute atomic E-state index is 0.555. The number of halogens is 1. The van der Waals surface area contributed by atoms with Crippen LogP contribution in [0.15, 0.2) is 64.3 Å². The number of benzene rings is 2. The van der Waals surface area contributed by atoms with Crippen LogP contribution in [0.4, 0.5) is 0 Å². The van der Waals surface area contributed by atoms with E-state index in [1.165, 1.54) is 11.8 Å². The summed E-state index contributed by atoms with van der Waals surface area (Å²) in [5.74, 6) is 2.58. The summed E-state index contributed by atoms with van der Waals surface area (Å²) in [4.78, 5) is 4.36. The summed E-state index contributed by atoms with van der Waals surface area (Å²) in [6.07, 6.45) is 0.721. The van der Waals surface area contributed by atoms with Gasteiger partial charge in [-0.05, 0) is 17.7 Å². The number of thioether (sulfide) groups is 1. The Hall–Kier alpha value is -2.64. The molecule has 0 spiro atoms. The maximum absolute atomic E-state index is 6.41. The minimum atomic E-state index is 0.555. The van der Waals surface area contributed by atoms with Crippen molar-refractivity contribution >= 4 is 23.4 Å². The molecule has 4 aromatic rings. The second-order valence-electron chi connectivity index (χ2n) is 6.10. The van der Waals surface area contributed by atoms with Gasteiger partial charge in [-0.15, -0.1) is 10.2 Å². The smallest absolute Gasteiger partial charge is 0.226 e. The van der Waals surface area contributed by atoms with Gasteiger partial charge < -0.3 is 4.52 Å². The van der Waals surface area contributed by atoms with Crippen LogP contribution in [0, 0.1) is 0 Å². The van der Waals surface area contributed by atoms with E-state index >= 15 is 0 Å². The van der Waals surface area contributed by atoms with Crippen molar-refractivity contribution in [1.82, 2.24) is 24.9 Å². The van der Waals surface area contributed by atoms with E-state index in [0.717, 1.165) is 28.5 Å². The summed E-state index contributed by atoms with van der Waals surface area (Å²) < 4.78 is 7.26. The molecule has 142 valence electrons. The molecule has 2 aromatic carbocycles. The monoisotopic (exact) mass is 411 g/mol. The zero-order chi connectivity index (χ0) is 19.3. The first-order chi connectivity index (χ1) is 13.7. The van der Waals surface area contributed by atoms with Crippen LogP contribution in [0.1, 0.15) is 24.2 Å². The molecule has 0 saturated carbocycles. The van der Waals surface area contributed by atoms with Gasteiger partial charge in [0.05, 0.1) is 17.3 Å². The van der Waals surface area contributed by atoms with Gasteiger partial charge in [-0.3, -0.25) is 4.57 Å². The predicted octanol–water partition coefficient (Wildman–Crippen LogP) is 4.88. The second kappa shape index (κ2) is 8.58. The Bertz CT molecular complexity index is 1060. The van der Waals surface area contributed by atoms with E-state index in [0.29, 0.717) is 29.0 Å². The van der Waals surface area contributed by atoms with Crippen molar-refractivity contribution in [2.24, 2.45) is 0 Å². The van der Waals surface area contributed by atoms with Crippen LogP contribution in [0.25, 0.3) is 11.4 Å². The first-order valence-corrected chi connectivity index (χ1v) is 10.3. The number of nitrogens with zero attached hydrogens (tertiary/aromatic N) is 5. The van der Waals surface area contributed by atoms with E-state index in [1.54, 1.807) is 0 Å². The molecule has 0 amide bonds. The van der Waals surface area contributed by atoms with Crippen molar-refractivity contribution in [3.63, 3.8) is 0 Å². The Morgan fingerprint density at radius 2 is 1.82 bits per heavy atom. The molecule has 0 atom stereocenters. The minimum Gasteiger partial charge on any atom is -0.339 e. The average molecular weight is 412 g/mol. The van der Waals surface area contributed by atoms with Gasteiger partial charge >= 0.3 is 0 Å². The molecular weight excluding hydrogens is 394 g/mol. The lowest BCUT2D eigenvalue weighted by atomic mass is 10.2. The molecule has 2 aromatic heterocycles. The van der Waals surface area contributed by atoms with Gasteiger partial charge in [0, 0.05) is 12.0 Å². The lowest BCUT2D eigenvalue weighted by Crippen LogP contribution is -2.04. The largest absolute Gasteiger partial charge is 0.339 e. The topological polar surface area (TPSA) is 69.6 Å². The highest BCUT2D eigenvalue weighted by molar-refractivity contribution is 7.98. The Labute approximate surface area is 172 Å². The molecule has 4 rings (SSSR count). The molecule has 8 heteroatoms. The first-order valence-electron chi connectivity index (χ1n) is 8.91. The zero-order valence-corrected chi connectivity index (χ0v) is 16.8. The van der Waals surface area contributed by atoms with E-state index < -0.39 is 0 Å². The van der Waals surface area contributed by atoms with Gasteiger partial charge in [0.2, 0.25) is 5.89 Å². The van der Waals surface area contributed by atoms with Crippen LogP contribution >= 0.6 is 23.4 Å². The van der Waals surface area contributed by atoms with Crippen molar-refractivity contribution < 1.29 is 4.52 Å². The average Bonchev–Trinajstić information content (AvgIpc) is 3.34. The molecule has 0 saturated heterocycles. The fourth-order valence-electron chi connectivity index (χ4n) is 2.77. The molecule has 2 heterocycles. The lowest BCUT2D eigenvalue weighted by molar-refractivity contribution is 0.378. The van der Waals surface area contributed by atoms with E-state index in [-0.39, 0.29) is 0 Å². The van der Waals surface area contributed by atoms with Crippen molar-refractivity contribution in [3.05, 3.63) is 76.9 Å². The van der Waals surface area contributed by atoms with Gasteiger partial charge in [-0.25, -0.2) is 0 Å². The maximum atomic E-state index is 6.41. The molecule has 0 fully saturated rings. The molecular formula is C20H18ClN5OS. The van der Waals surface area contributed by atoms with E-state index in [2.05, 4.69) is 37.0 Å². The summed E-state index contributed by atoms with van der Waals surface area (Å²) in [6, 6.07) is 17.9. The predicted molar refractivity (Wildman–Crippen MR) is 109 cm³/mol. The highest BCUT2D eigenvalue weighted by Crippen LogP contribution is 2.30. The van der Waals surface area contributed by atoms with Crippen LogP contribution in [0.5, 0.6) is 0 Å². The van der Waals surface area contributed by atoms with Crippen LogP contribution < -0.4 is 0 Å². The molecule has 0 unspecified atom stereocenters. The number of hydrogen-bond donors (Lipinski definition) is 0. The standard InChI is InChI=1S/C20H18ClN5OS/c1-2-18-22-17(25-27-18)13-28-20-24-23-19(15-10-6-7-11-16(15)21)26(20)12-14-8-4-3-5-9-14/h3-11H,2,12-13H2,1H3. The third-order valence-corrected chi connectivity index (χ3v) is 5.45. The highest BCUT2D eigenvalue weighted by Gasteiger charge is 2.18. The number of aromatic nitrogens is 5. The van der Waals surface area contributed by atoms with Crippen molar-refractivity contribution in [2.75, 3.05) is 0 Å². The fraction of sp³-hybridized carbons (Fsp3) is 0.200. The Kier molecular flexibility index (Phi) is 5.73. The van der Waals surface area contributed by atoms with E-state index in [1.807, 2.05) is 49.4 Å². The van der Waals surface area contributed by atoms with Gasteiger partial charge in [-0.2, -0.15) is 4.98 Å². The van der Waals surface area contributed by atoms with Gasteiger partial charge in [0.25, 0.3) is 0 Å². The maximum Gasteiger partial charge on any atom is 0.226 e. The van der Waals surface area contributed by atoms with Crippen LogP contribution in [0.2, 0.25) is 5.02 Å². The molecule has 28 heavy (non-hydrogen) atoms. The highest BCUT2D eigenvalue weighted by atomic mass is 35.5. The zero-order valence-electron chi connectivity index (χ0n) is 15.2. The van der Waals surface area contributed by atoms with Crippen molar-refractivity contribution in [3.8, 4) is 11.4 Å². The number of hydrogen-bond acceptors (Lipinski definition) is 6. The summed E-state index contributed by atoms with van der Waals surface area (Å²) in [6.45, 7) is 2.62. The first kappa shape index (κ1) is 18.7. The third kappa shape index (κ3) is 4.10. The molecule has 0 aliphatic rings. The van der Waals surface area contributed by atoms with Gasteiger partial charge in [0.1, 0.15) is 0 Å². The summed E-state index contributed by atoms with van der Waals surface area (Å²) >= 11 is 7.94. The Morgan fingerprint density at radius 1 is 1.04 bits per heavy atom.